The molecule has 31 heavy (non-hydrogen) atoms. The number of hydrogen-bond acceptors (Lipinski definition) is 5. The molecule has 9 heteroatoms. The van der Waals surface area contributed by atoms with Crippen molar-refractivity contribution < 1.29 is 23.8 Å². The summed E-state index contributed by atoms with van der Waals surface area (Å²) in [6.45, 7) is 7.79. The Hall–Kier alpha value is -1.70. The standard InChI is InChI=1S/C22H30Cl2N2O5/c1-22(2,3)31-21(28)26-8-7-14(18-17(29-4)6-5-15(23)19(18)24)13-16(26)20(27)25-9-11-30-12-10-25/h5-6,14,16H,7-13H2,1-4H3/t14-,16-/m1/s1. The Kier molecular flexibility index (Phi) is 7.60. The van der Waals surface area contributed by atoms with Gasteiger partial charge in [-0.1, -0.05) is 23.2 Å². The molecule has 0 unspecified atom stereocenters. The lowest BCUT2D eigenvalue weighted by Crippen LogP contribution is -2.56. The Morgan fingerprint density at radius 2 is 1.81 bits per heavy atom. The second-order valence-corrected chi connectivity index (χ2v) is 9.61. The topological polar surface area (TPSA) is 68.3 Å². The molecule has 2 heterocycles. The second kappa shape index (κ2) is 9.84. The number of piperidine rings is 1. The number of hydrogen-bond donors (Lipinski definition) is 0. The summed E-state index contributed by atoms with van der Waals surface area (Å²) in [5, 5.41) is 0.859. The van der Waals surface area contributed by atoms with Crippen LogP contribution in [-0.4, -0.2) is 73.4 Å². The molecule has 1 aromatic rings. The average molecular weight is 473 g/mol. The van der Waals surface area contributed by atoms with Crippen molar-refractivity contribution in [3.05, 3.63) is 27.7 Å². The first-order valence-corrected chi connectivity index (χ1v) is 11.3. The number of carbonyl (C=O) groups is 2. The average Bonchev–Trinajstić information content (AvgIpc) is 2.74. The van der Waals surface area contributed by atoms with Gasteiger partial charge in [-0.3, -0.25) is 9.69 Å². The van der Waals surface area contributed by atoms with Gasteiger partial charge in [0.05, 0.1) is 30.4 Å². The third-order valence-electron chi connectivity index (χ3n) is 5.56. The van der Waals surface area contributed by atoms with E-state index in [2.05, 4.69) is 0 Å². The zero-order chi connectivity index (χ0) is 22.8. The molecule has 0 saturated carbocycles. The molecule has 0 bridgehead atoms. The molecule has 172 valence electrons. The summed E-state index contributed by atoms with van der Waals surface area (Å²) in [4.78, 5) is 29.7. The molecule has 3 rings (SSSR count). The normalized spacial score (nSPS) is 22.3. The minimum Gasteiger partial charge on any atom is -0.496 e. The maximum atomic E-state index is 13.4. The van der Waals surface area contributed by atoms with E-state index in [9.17, 15) is 9.59 Å². The molecule has 2 fully saturated rings. The summed E-state index contributed by atoms with van der Waals surface area (Å²) in [5.41, 5.74) is 0.125. The molecule has 0 N–H and O–H groups in total. The van der Waals surface area contributed by atoms with Crippen LogP contribution in [0.4, 0.5) is 4.79 Å². The van der Waals surface area contributed by atoms with Gasteiger partial charge in [0.2, 0.25) is 5.91 Å². The Morgan fingerprint density at radius 1 is 1.13 bits per heavy atom. The van der Waals surface area contributed by atoms with Crippen molar-refractivity contribution in [2.75, 3.05) is 40.0 Å². The summed E-state index contributed by atoms with van der Waals surface area (Å²) in [6.07, 6.45) is 0.538. The van der Waals surface area contributed by atoms with Crippen LogP contribution < -0.4 is 4.74 Å². The third kappa shape index (κ3) is 5.57. The van der Waals surface area contributed by atoms with Gasteiger partial charge in [0.15, 0.2) is 0 Å². The summed E-state index contributed by atoms with van der Waals surface area (Å²) in [5.74, 6) is 0.438. The molecular formula is C22H30Cl2N2O5. The highest BCUT2D eigenvalue weighted by molar-refractivity contribution is 6.42. The molecule has 2 atom stereocenters. The van der Waals surface area contributed by atoms with E-state index in [-0.39, 0.29) is 11.8 Å². The van der Waals surface area contributed by atoms with Crippen LogP contribution in [0.5, 0.6) is 5.75 Å². The van der Waals surface area contributed by atoms with E-state index >= 15 is 0 Å². The van der Waals surface area contributed by atoms with Gasteiger partial charge >= 0.3 is 6.09 Å². The summed E-state index contributed by atoms with van der Waals surface area (Å²) in [6, 6.07) is 2.81. The quantitative estimate of drug-likeness (QED) is 0.653. The van der Waals surface area contributed by atoms with E-state index in [4.69, 9.17) is 37.4 Å². The molecule has 2 aliphatic rings. The zero-order valence-electron chi connectivity index (χ0n) is 18.5. The zero-order valence-corrected chi connectivity index (χ0v) is 20.0. The Morgan fingerprint density at radius 3 is 2.42 bits per heavy atom. The number of methoxy groups -OCH3 is 1. The lowest BCUT2D eigenvalue weighted by Gasteiger charge is -2.42. The Bertz CT molecular complexity index is 821. The third-order valence-corrected chi connectivity index (χ3v) is 6.38. The predicted molar refractivity (Wildman–Crippen MR) is 119 cm³/mol. The number of ether oxygens (including phenoxy) is 3. The van der Waals surface area contributed by atoms with Gasteiger partial charge in [-0.15, -0.1) is 0 Å². The Labute approximate surface area is 193 Å². The van der Waals surface area contributed by atoms with Gasteiger partial charge in [-0.25, -0.2) is 4.79 Å². The van der Waals surface area contributed by atoms with Gasteiger partial charge in [-0.05, 0) is 51.7 Å². The van der Waals surface area contributed by atoms with Crippen LogP contribution in [0.1, 0.15) is 45.1 Å². The highest BCUT2D eigenvalue weighted by Gasteiger charge is 2.42. The molecule has 0 spiro atoms. The highest BCUT2D eigenvalue weighted by atomic mass is 35.5. The molecule has 2 saturated heterocycles. The first-order valence-electron chi connectivity index (χ1n) is 10.5. The minimum absolute atomic E-state index is 0.0881. The van der Waals surface area contributed by atoms with Gasteiger partial charge in [0.25, 0.3) is 0 Å². The van der Waals surface area contributed by atoms with Gasteiger partial charge in [0, 0.05) is 25.2 Å². The number of rotatable bonds is 3. The number of halogens is 2. The minimum atomic E-state index is -0.661. The Balaban J connectivity index is 1.91. The smallest absolute Gasteiger partial charge is 0.410 e. The van der Waals surface area contributed by atoms with E-state index in [0.717, 1.165) is 5.56 Å². The predicted octanol–water partition coefficient (Wildman–Crippen LogP) is 4.34. The first kappa shape index (κ1) is 24.0. The van der Waals surface area contributed by atoms with Crippen molar-refractivity contribution in [2.24, 2.45) is 0 Å². The number of nitrogens with zero attached hydrogens (tertiary/aromatic N) is 2. The number of amides is 2. The molecule has 0 aliphatic carbocycles. The fourth-order valence-corrected chi connectivity index (χ4v) is 4.58. The van der Waals surface area contributed by atoms with E-state index < -0.39 is 17.7 Å². The van der Waals surface area contributed by atoms with Gasteiger partial charge in [0.1, 0.15) is 17.4 Å². The fourth-order valence-electron chi connectivity index (χ4n) is 4.10. The van der Waals surface area contributed by atoms with Crippen molar-refractivity contribution >= 4 is 35.2 Å². The molecule has 2 amide bonds. The molecular weight excluding hydrogens is 443 g/mol. The van der Waals surface area contributed by atoms with Gasteiger partial charge in [-0.2, -0.15) is 0 Å². The summed E-state index contributed by atoms with van der Waals surface area (Å²) < 4.78 is 16.5. The van der Waals surface area contributed by atoms with Crippen LogP contribution in [0.15, 0.2) is 12.1 Å². The number of morpholine rings is 1. The second-order valence-electron chi connectivity index (χ2n) is 8.83. The number of benzene rings is 1. The summed E-state index contributed by atoms with van der Waals surface area (Å²) in [7, 11) is 1.58. The van der Waals surface area contributed by atoms with E-state index in [1.807, 2.05) is 20.8 Å². The van der Waals surface area contributed by atoms with Crippen LogP contribution in [0.25, 0.3) is 0 Å². The molecule has 7 nitrogen and oxygen atoms in total. The van der Waals surface area contributed by atoms with Crippen molar-refractivity contribution in [3.63, 3.8) is 0 Å². The van der Waals surface area contributed by atoms with Gasteiger partial charge < -0.3 is 19.1 Å². The van der Waals surface area contributed by atoms with E-state index in [1.54, 1.807) is 29.0 Å². The highest BCUT2D eigenvalue weighted by Crippen LogP contribution is 2.43. The lowest BCUT2D eigenvalue weighted by molar-refractivity contribution is -0.142. The molecule has 2 aliphatic heterocycles. The van der Waals surface area contributed by atoms with E-state index in [1.165, 1.54) is 0 Å². The van der Waals surface area contributed by atoms with Crippen LogP contribution in [-0.2, 0) is 14.3 Å². The summed E-state index contributed by atoms with van der Waals surface area (Å²) >= 11 is 12.8. The largest absolute Gasteiger partial charge is 0.496 e. The lowest BCUT2D eigenvalue weighted by atomic mass is 9.84. The van der Waals surface area contributed by atoms with Crippen LogP contribution >= 0.6 is 23.2 Å². The van der Waals surface area contributed by atoms with Crippen LogP contribution in [0.2, 0.25) is 10.0 Å². The fraction of sp³-hybridized carbons (Fsp3) is 0.636. The van der Waals surface area contributed by atoms with Crippen molar-refractivity contribution in [1.82, 2.24) is 9.80 Å². The SMILES string of the molecule is COc1ccc(Cl)c(Cl)c1[C@@H]1CCN(C(=O)OC(C)(C)C)[C@@H](C(=O)N2CCOCC2)C1. The monoisotopic (exact) mass is 472 g/mol. The maximum absolute atomic E-state index is 13.4. The van der Waals surface area contributed by atoms with Crippen molar-refractivity contribution in [2.45, 2.75) is 51.2 Å². The molecule has 0 aromatic heterocycles. The first-order chi connectivity index (χ1) is 14.6. The number of carbonyl (C=O) groups excluding carboxylic acids is 2. The molecule has 0 radical (unpaired) electrons. The maximum Gasteiger partial charge on any atom is 0.410 e. The molecule has 1 aromatic carbocycles. The van der Waals surface area contributed by atoms with Crippen molar-refractivity contribution in [3.8, 4) is 5.75 Å². The van der Waals surface area contributed by atoms with Crippen LogP contribution in [0.3, 0.4) is 0 Å². The van der Waals surface area contributed by atoms with Crippen molar-refractivity contribution in [1.29, 1.82) is 0 Å². The van der Waals surface area contributed by atoms with Crippen LogP contribution in [0, 0.1) is 0 Å². The number of likely N-dealkylation sites (tertiary alicyclic amines) is 1. The van der Waals surface area contributed by atoms with E-state index in [0.29, 0.717) is 61.5 Å².